The second-order valence-electron chi connectivity index (χ2n) is 11.2. The van der Waals surface area contributed by atoms with Gasteiger partial charge >= 0.3 is 0 Å². The Labute approximate surface area is 206 Å². The van der Waals surface area contributed by atoms with E-state index in [2.05, 4.69) is 49.9 Å². The molecule has 1 N–H and O–H groups in total. The maximum atomic E-state index is 11.1. The molecule has 2 aromatic rings. The Kier molecular flexibility index (Phi) is 6.48. The molecule has 0 radical (unpaired) electrons. The highest BCUT2D eigenvalue weighted by Crippen LogP contribution is 2.44. The zero-order valence-corrected chi connectivity index (χ0v) is 21.2. The van der Waals surface area contributed by atoms with Gasteiger partial charge in [0.25, 0.3) is 11.4 Å². The van der Waals surface area contributed by atoms with E-state index >= 15 is 0 Å². The topological polar surface area (TPSA) is 105 Å². The van der Waals surface area contributed by atoms with Gasteiger partial charge in [-0.1, -0.05) is 27.7 Å². The Hall–Kier alpha value is -3.20. The van der Waals surface area contributed by atoms with Crippen molar-refractivity contribution in [2.75, 3.05) is 43.4 Å². The predicted octanol–water partition coefficient (Wildman–Crippen LogP) is 5.08. The summed E-state index contributed by atoms with van der Waals surface area (Å²) in [6.45, 7) is 12.7. The number of benzene rings is 2. The number of rotatable bonds is 3. The van der Waals surface area contributed by atoms with Crippen LogP contribution in [0.2, 0.25) is 0 Å². The van der Waals surface area contributed by atoms with Crippen molar-refractivity contribution in [3.8, 4) is 0 Å². The molecule has 3 aliphatic rings. The molecule has 0 aromatic heterocycles. The van der Waals surface area contributed by atoms with Gasteiger partial charge < -0.3 is 15.1 Å². The summed E-state index contributed by atoms with van der Waals surface area (Å²) in [5.74, 6) is 0. The van der Waals surface area contributed by atoms with E-state index < -0.39 is 0 Å². The molecular formula is C26H35N5O4. The van der Waals surface area contributed by atoms with Crippen molar-refractivity contribution >= 4 is 22.7 Å². The summed E-state index contributed by atoms with van der Waals surface area (Å²) >= 11 is 0. The molecule has 3 heterocycles. The number of hydrogen-bond acceptors (Lipinski definition) is 7. The third-order valence-corrected chi connectivity index (χ3v) is 7.59. The third kappa shape index (κ3) is 4.96. The van der Waals surface area contributed by atoms with Crippen LogP contribution in [-0.2, 0) is 10.8 Å². The average molecular weight is 482 g/mol. The fraction of sp³-hybridized carbons (Fsp3) is 0.538. The predicted molar refractivity (Wildman–Crippen MR) is 139 cm³/mol. The first-order valence-electron chi connectivity index (χ1n) is 12.2. The molecule has 1 fully saturated rings. The Morgan fingerprint density at radius 3 is 2.06 bits per heavy atom. The molecule has 0 aliphatic carbocycles. The van der Waals surface area contributed by atoms with Gasteiger partial charge in [0.2, 0.25) is 0 Å². The molecule has 0 bridgehead atoms. The van der Waals surface area contributed by atoms with Crippen LogP contribution in [0.15, 0.2) is 36.4 Å². The zero-order chi connectivity index (χ0) is 25.5. The van der Waals surface area contributed by atoms with Gasteiger partial charge in [0, 0.05) is 65.6 Å². The number of anilines is 2. The largest absolute Gasteiger partial charge is 0.384 e. The van der Waals surface area contributed by atoms with Gasteiger partial charge in [-0.05, 0) is 56.2 Å². The lowest BCUT2D eigenvalue weighted by molar-refractivity contribution is -0.385. The molecule has 5 rings (SSSR count). The minimum atomic E-state index is -0.368. The first kappa shape index (κ1) is 24.9. The third-order valence-electron chi connectivity index (χ3n) is 7.59. The van der Waals surface area contributed by atoms with Crippen molar-refractivity contribution in [1.29, 1.82) is 0 Å². The Morgan fingerprint density at radius 2 is 1.46 bits per heavy atom. The number of non-ortho nitro benzene ring substituents is 2. The highest BCUT2D eigenvalue weighted by Gasteiger charge is 2.39. The Morgan fingerprint density at radius 1 is 0.886 bits per heavy atom. The van der Waals surface area contributed by atoms with E-state index in [0.29, 0.717) is 6.04 Å². The van der Waals surface area contributed by atoms with E-state index in [1.165, 1.54) is 5.56 Å². The summed E-state index contributed by atoms with van der Waals surface area (Å²) in [7, 11) is 2.16. The van der Waals surface area contributed by atoms with Crippen LogP contribution in [0.1, 0.15) is 51.7 Å². The number of nitro groups is 2. The number of nitro benzene ring substituents is 2. The molecule has 0 spiro atoms. The van der Waals surface area contributed by atoms with Crippen molar-refractivity contribution in [1.82, 2.24) is 4.90 Å². The Balaban J connectivity index is 0.000000179. The minimum absolute atomic E-state index is 0.0633. The fourth-order valence-electron chi connectivity index (χ4n) is 5.47. The molecule has 0 unspecified atom stereocenters. The van der Waals surface area contributed by atoms with Crippen molar-refractivity contribution in [2.24, 2.45) is 0 Å². The highest BCUT2D eigenvalue weighted by molar-refractivity contribution is 5.67. The van der Waals surface area contributed by atoms with Crippen molar-refractivity contribution in [2.45, 2.75) is 57.4 Å². The summed E-state index contributed by atoms with van der Waals surface area (Å²) in [5.41, 5.74) is 4.85. The second kappa shape index (κ2) is 9.11. The van der Waals surface area contributed by atoms with Gasteiger partial charge in [0.15, 0.2) is 0 Å². The SMILES string of the molecule is CC1(C)CNc2cc([N+](=O)[O-])ccc21.CN1CCC(N2CC(C)(C)c3ccc([N+](=O)[O-])cc32)CC1. The first-order valence-corrected chi connectivity index (χ1v) is 12.2. The normalized spacial score (nSPS) is 20.3. The van der Waals surface area contributed by atoms with Gasteiger partial charge in [-0.2, -0.15) is 0 Å². The standard InChI is InChI=1S/C16H23N3O2.C10H12N2O2/c1-16(2)11-18(12-6-8-17(3)9-7-12)15-10-13(19(20)21)4-5-14(15)16;1-10(2)6-11-9-5-7(12(13)14)3-4-8(9)10/h4-5,10,12H,6-9,11H2,1-3H3;3-5,11H,6H2,1-2H3. The molecule has 35 heavy (non-hydrogen) atoms. The van der Waals surface area contributed by atoms with E-state index in [1.807, 2.05) is 12.1 Å². The van der Waals surface area contributed by atoms with Gasteiger partial charge in [0.05, 0.1) is 9.85 Å². The lowest BCUT2D eigenvalue weighted by Crippen LogP contribution is -2.44. The summed E-state index contributed by atoms with van der Waals surface area (Å²) in [6, 6.07) is 10.9. The molecule has 0 atom stereocenters. The van der Waals surface area contributed by atoms with Gasteiger partial charge in [-0.25, -0.2) is 0 Å². The van der Waals surface area contributed by atoms with Crippen molar-refractivity contribution in [3.05, 3.63) is 67.8 Å². The molecule has 9 heteroatoms. The first-order chi connectivity index (χ1) is 16.4. The molecule has 0 amide bonds. The van der Waals surface area contributed by atoms with E-state index in [9.17, 15) is 20.2 Å². The zero-order valence-electron chi connectivity index (χ0n) is 21.2. The second-order valence-corrected chi connectivity index (χ2v) is 11.2. The fourth-order valence-corrected chi connectivity index (χ4v) is 5.47. The number of nitrogens with zero attached hydrogens (tertiary/aromatic N) is 4. The monoisotopic (exact) mass is 481 g/mol. The van der Waals surface area contributed by atoms with Gasteiger partial charge in [-0.15, -0.1) is 0 Å². The molecule has 188 valence electrons. The van der Waals surface area contributed by atoms with Crippen LogP contribution < -0.4 is 10.2 Å². The summed E-state index contributed by atoms with van der Waals surface area (Å²) in [5, 5.41) is 24.8. The van der Waals surface area contributed by atoms with E-state index in [0.717, 1.165) is 56.0 Å². The lowest BCUT2D eigenvalue weighted by atomic mass is 9.87. The van der Waals surface area contributed by atoms with Crippen molar-refractivity contribution in [3.63, 3.8) is 0 Å². The van der Waals surface area contributed by atoms with Crippen LogP contribution in [0.4, 0.5) is 22.7 Å². The van der Waals surface area contributed by atoms with Crippen LogP contribution in [0.5, 0.6) is 0 Å². The van der Waals surface area contributed by atoms with Crippen LogP contribution in [0, 0.1) is 20.2 Å². The lowest BCUT2D eigenvalue weighted by Gasteiger charge is -2.37. The number of likely N-dealkylation sites (tertiary alicyclic amines) is 1. The maximum Gasteiger partial charge on any atom is 0.271 e. The molecule has 1 saturated heterocycles. The van der Waals surface area contributed by atoms with E-state index in [-0.39, 0.29) is 32.1 Å². The number of nitrogens with one attached hydrogen (secondary N) is 1. The maximum absolute atomic E-state index is 11.1. The van der Waals surface area contributed by atoms with Gasteiger partial charge in [0.1, 0.15) is 0 Å². The summed E-state index contributed by atoms with van der Waals surface area (Å²) < 4.78 is 0. The van der Waals surface area contributed by atoms with Crippen molar-refractivity contribution < 1.29 is 9.85 Å². The molecule has 0 saturated carbocycles. The molecule has 3 aliphatic heterocycles. The molecule has 2 aromatic carbocycles. The van der Waals surface area contributed by atoms with Crippen LogP contribution in [0.25, 0.3) is 0 Å². The Bertz CT molecular complexity index is 1140. The number of hydrogen-bond donors (Lipinski definition) is 1. The summed E-state index contributed by atoms with van der Waals surface area (Å²) in [4.78, 5) is 25.7. The van der Waals surface area contributed by atoms with E-state index in [1.54, 1.807) is 24.3 Å². The molecular weight excluding hydrogens is 446 g/mol. The van der Waals surface area contributed by atoms with Crippen LogP contribution in [-0.4, -0.2) is 54.0 Å². The quantitative estimate of drug-likeness (QED) is 0.481. The number of fused-ring (bicyclic) bond motifs is 2. The van der Waals surface area contributed by atoms with Gasteiger partial charge in [-0.3, -0.25) is 20.2 Å². The van der Waals surface area contributed by atoms with E-state index in [4.69, 9.17) is 0 Å². The molecule has 9 nitrogen and oxygen atoms in total. The summed E-state index contributed by atoms with van der Waals surface area (Å²) in [6.07, 6.45) is 2.27. The highest BCUT2D eigenvalue weighted by atomic mass is 16.6. The van der Waals surface area contributed by atoms with Crippen LogP contribution in [0.3, 0.4) is 0 Å². The average Bonchev–Trinajstić information content (AvgIpc) is 3.26. The smallest absolute Gasteiger partial charge is 0.271 e. The number of piperidine rings is 1. The minimum Gasteiger partial charge on any atom is -0.384 e. The van der Waals surface area contributed by atoms with Crippen LogP contribution >= 0.6 is 0 Å².